The third kappa shape index (κ3) is 5.18. The van der Waals surface area contributed by atoms with Gasteiger partial charge >= 0.3 is 18.0 Å². The minimum absolute atomic E-state index is 0.0830. The molecule has 0 unspecified atom stereocenters. The predicted octanol–water partition coefficient (Wildman–Crippen LogP) is -0.382. The van der Waals surface area contributed by atoms with Gasteiger partial charge in [0.2, 0.25) is 0 Å². The molecule has 0 aromatic carbocycles. The number of aliphatic carboxylic acids is 1. The lowest BCUT2D eigenvalue weighted by molar-refractivity contribution is -0.141. The fourth-order valence-electron chi connectivity index (χ4n) is 1.02. The Morgan fingerprint density at radius 3 is 2.19 bits per heavy atom. The van der Waals surface area contributed by atoms with Crippen LogP contribution in [-0.2, 0) is 14.3 Å². The lowest BCUT2D eigenvalue weighted by atomic mass is 10.4. The van der Waals surface area contributed by atoms with Crippen molar-refractivity contribution in [2.45, 2.75) is 6.42 Å². The third-order valence-corrected chi connectivity index (χ3v) is 1.90. The van der Waals surface area contributed by atoms with Crippen LogP contribution in [0.25, 0.3) is 0 Å². The number of amides is 2. The van der Waals surface area contributed by atoms with E-state index < -0.39 is 18.0 Å². The molecule has 0 fully saturated rings. The van der Waals surface area contributed by atoms with Crippen LogP contribution in [0.15, 0.2) is 0 Å². The quantitative estimate of drug-likeness (QED) is 0.653. The maximum absolute atomic E-state index is 11.5. The molecule has 0 aliphatic heterocycles. The number of rotatable bonds is 5. The van der Waals surface area contributed by atoms with Gasteiger partial charge in [0.15, 0.2) is 0 Å². The number of esters is 1. The van der Waals surface area contributed by atoms with Crippen LogP contribution in [0.1, 0.15) is 6.42 Å². The van der Waals surface area contributed by atoms with Crippen molar-refractivity contribution in [3.05, 3.63) is 0 Å². The second-order valence-electron chi connectivity index (χ2n) is 3.28. The number of ether oxygens (including phenoxy) is 1. The van der Waals surface area contributed by atoms with Gasteiger partial charge in [-0.1, -0.05) is 0 Å². The zero-order valence-corrected chi connectivity index (χ0v) is 9.60. The minimum atomic E-state index is -1.09. The standard InChI is InChI=1S/C9H16N2O5/c1-10(5-4-8(14)16-3)9(15)11(2)6-7(12)13/h4-6H2,1-3H3,(H,12,13). The minimum Gasteiger partial charge on any atom is -0.480 e. The Morgan fingerprint density at radius 1 is 1.19 bits per heavy atom. The van der Waals surface area contributed by atoms with E-state index in [0.717, 1.165) is 4.90 Å². The summed E-state index contributed by atoms with van der Waals surface area (Å²) in [6.45, 7) is -0.184. The Morgan fingerprint density at radius 2 is 1.75 bits per heavy atom. The Bertz CT molecular complexity index is 279. The second-order valence-corrected chi connectivity index (χ2v) is 3.28. The molecule has 0 radical (unpaired) electrons. The molecule has 0 aliphatic carbocycles. The largest absolute Gasteiger partial charge is 0.480 e. The van der Waals surface area contributed by atoms with E-state index in [-0.39, 0.29) is 19.5 Å². The van der Waals surface area contributed by atoms with Gasteiger partial charge in [-0.15, -0.1) is 0 Å². The molecule has 7 nitrogen and oxygen atoms in total. The summed E-state index contributed by atoms with van der Waals surface area (Å²) in [4.78, 5) is 35.0. The van der Waals surface area contributed by atoms with E-state index in [1.54, 1.807) is 0 Å². The lowest BCUT2D eigenvalue weighted by Crippen LogP contribution is -2.42. The van der Waals surface area contributed by atoms with E-state index in [2.05, 4.69) is 4.74 Å². The van der Waals surface area contributed by atoms with Gasteiger partial charge < -0.3 is 19.6 Å². The molecule has 0 rings (SSSR count). The highest BCUT2D eigenvalue weighted by Gasteiger charge is 2.17. The fraction of sp³-hybridized carbons (Fsp3) is 0.667. The van der Waals surface area contributed by atoms with Gasteiger partial charge in [-0.2, -0.15) is 0 Å². The summed E-state index contributed by atoms with van der Waals surface area (Å²) < 4.78 is 4.42. The normalized spacial score (nSPS) is 9.44. The molecule has 0 bridgehead atoms. The zero-order chi connectivity index (χ0) is 12.7. The Labute approximate surface area is 93.6 Å². The molecule has 0 saturated heterocycles. The molecule has 0 aliphatic rings. The highest BCUT2D eigenvalue weighted by atomic mass is 16.5. The van der Waals surface area contributed by atoms with Crippen molar-refractivity contribution in [3.63, 3.8) is 0 Å². The summed E-state index contributed by atoms with van der Waals surface area (Å²) in [7, 11) is 4.13. The molecule has 2 amide bonds. The highest BCUT2D eigenvalue weighted by molar-refractivity contribution is 5.80. The van der Waals surface area contributed by atoms with E-state index in [1.807, 2.05) is 0 Å². The Hall–Kier alpha value is -1.79. The first kappa shape index (κ1) is 14.2. The molecule has 0 aromatic heterocycles. The number of likely N-dealkylation sites (N-methyl/N-ethyl adjacent to an activating group) is 1. The fourth-order valence-corrected chi connectivity index (χ4v) is 1.02. The van der Waals surface area contributed by atoms with E-state index in [9.17, 15) is 14.4 Å². The Balaban J connectivity index is 4.07. The zero-order valence-electron chi connectivity index (χ0n) is 9.60. The number of carboxylic acids is 1. The summed E-state index contributed by atoms with van der Waals surface area (Å²) in [5.41, 5.74) is 0. The van der Waals surface area contributed by atoms with Gasteiger partial charge in [0.05, 0.1) is 13.5 Å². The SMILES string of the molecule is COC(=O)CCN(C)C(=O)N(C)CC(=O)O. The van der Waals surface area contributed by atoms with Gasteiger partial charge in [-0.05, 0) is 0 Å². The monoisotopic (exact) mass is 232 g/mol. The number of methoxy groups -OCH3 is 1. The highest BCUT2D eigenvalue weighted by Crippen LogP contribution is 1.96. The van der Waals surface area contributed by atoms with Crippen LogP contribution in [0, 0.1) is 0 Å². The van der Waals surface area contributed by atoms with Crippen LogP contribution in [0.4, 0.5) is 4.79 Å². The lowest BCUT2D eigenvalue weighted by Gasteiger charge is -2.23. The Kier molecular flexibility index (Phi) is 5.91. The van der Waals surface area contributed by atoms with Crippen LogP contribution in [-0.4, -0.2) is 67.2 Å². The number of nitrogens with zero attached hydrogens (tertiary/aromatic N) is 2. The second kappa shape index (κ2) is 6.65. The van der Waals surface area contributed by atoms with Gasteiger partial charge in [0, 0.05) is 20.6 Å². The molecule has 1 N–H and O–H groups in total. The smallest absolute Gasteiger partial charge is 0.323 e. The summed E-state index contributed by atoms with van der Waals surface area (Å²) >= 11 is 0. The van der Waals surface area contributed by atoms with Crippen LogP contribution in [0.5, 0.6) is 0 Å². The molecule has 92 valence electrons. The maximum atomic E-state index is 11.5. The van der Waals surface area contributed by atoms with Gasteiger partial charge in [-0.25, -0.2) is 4.79 Å². The van der Waals surface area contributed by atoms with Gasteiger partial charge in [0.1, 0.15) is 6.54 Å². The van der Waals surface area contributed by atoms with Crippen LogP contribution >= 0.6 is 0 Å². The van der Waals surface area contributed by atoms with Crippen molar-refractivity contribution >= 4 is 18.0 Å². The summed E-state index contributed by atoms with van der Waals surface area (Å²) in [6, 6.07) is -0.452. The van der Waals surface area contributed by atoms with Crippen molar-refractivity contribution in [3.8, 4) is 0 Å². The summed E-state index contributed by atoms with van der Waals surface area (Å²) in [5, 5.41) is 8.48. The van der Waals surface area contributed by atoms with Crippen molar-refractivity contribution in [2.75, 3.05) is 34.3 Å². The number of carboxylic acid groups (broad SMARTS) is 1. The van der Waals surface area contributed by atoms with Gasteiger partial charge in [0.25, 0.3) is 0 Å². The van der Waals surface area contributed by atoms with Crippen molar-refractivity contribution in [2.24, 2.45) is 0 Å². The van der Waals surface area contributed by atoms with Crippen molar-refractivity contribution < 1.29 is 24.2 Å². The molecule has 0 saturated carbocycles. The molecular weight excluding hydrogens is 216 g/mol. The number of hydrogen-bond acceptors (Lipinski definition) is 4. The summed E-state index contributed by atoms with van der Waals surface area (Å²) in [6.07, 6.45) is 0.0830. The molecule has 7 heteroatoms. The summed E-state index contributed by atoms with van der Waals surface area (Å²) in [5.74, 6) is -1.50. The first-order valence-corrected chi connectivity index (χ1v) is 4.63. The van der Waals surface area contributed by atoms with Crippen LogP contribution in [0.3, 0.4) is 0 Å². The van der Waals surface area contributed by atoms with Crippen molar-refractivity contribution in [1.29, 1.82) is 0 Å². The number of carbonyl (C=O) groups excluding carboxylic acids is 2. The van der Waals surface area contributed by atoms with E-state index in [1.165, 1.54) is 26.1 Å². The number of hydrogen-bond donors (Lipinski definition) is 1. The molecule has 0 atom stereocenters. The van der Waals surface area contributed by atoms with Gasteiger partial charge in [-0.3, -0.25) is 9.59 Å². The van der Waals surface area contributed by atoms with E-state index in [4.69, 9.17) is 5.11 Å². The van der Waals surface area contributed by atoms with E-state index >= 15 is 0 Å². The molecular formula is C9H16N2O5. The van der Waals surface area contributed by atoms with Crippen LogP contribution < -0.4 is 0 Å². The average Bonchev–Trinajstić information content (AvgIpc) is 2.23. The van der Waals surface area contributed by atoms with Crippen molar-refractivity contribution in [1.82, 2.24) is 9.80 Å². The average molecular weight is 232 g/mol. The maximum Gasteiger partial charge on any atom is 0.323 e. The third-order valence-electron chi connectivity index (χ3n) is 1.90. The molecule has 0 heterocycles. The molecule has 0 spiro atoms. The predicted molar refractivity (Wildman–Crippen MR) is 54.9 cm³/mol. The molecule has 16 heavy (non-hydrogen) atoms. The number of urea groups is 1. The number of carbonyl (C=O) groups is 3. The first-order valence-electron chi connectivity index (χ1n) is 4.63. The van der Waals surface area contributed by atoms with E-state index in [0.29, 0.717) is 0 Å². The van der Waals surface area contributed by atoms with Crippen LogP contribution in [0.2, 0.25) is 0 Å². The topological polar surface area (TPSA) is 87.2 Å². The first-order chi connectivity index (χ1) is 7.38. The molecule has 0 aromatic rings.